The van der Waals surface area contributed by atoms with Gasteiger partial charge in [0.2, 0.25) is 0 Å². The zero-order valence-electron chi connectivity index (χ0n) is 9.21. The molecule has 3 N–H and O–H groups in total. The van der Waals surface area contributed by atoms with E-state index in [1.165, 1.54) is 0 Å². The topological polar surface area (TPSA) is 78.4 Å². The number of amides is 2. The summed E-state index contributed by atoms with van der Waals surface area (Å²) in [5.74, 6) is -4.20. The summed E-state index contributed by atoms with van der Waals surface area (Å²) >= 11 is 0. The number of carboxylic acid groups (broad SMARTS) is 1. The molecule has 0 spiro atoms. The van der Waals surface area contributed by atoms with Crippen LogP contribution < -0.4 is 10.6 Å². The van der Waals surface area contributed by atoms with Crippen LogP contribution in [0.5, 0.6) is 0 Å². The van der Waals surface area contributed by atoms with Crippen LogP contribution in [-0.2, 0) is 0 Å². The van der Waals surface area contributed by atoms with E-state index in [1.807, 2.05) is 0 Å². The number of hydrogen-bond acceptors (Lipinski definition) is 2. The molecule has 0 saturated heterocycles. The first-order valence-electron chi connectivity index (χ1n) is 4.86. The Morgan fingerprint density at radius 1 is 1.21 bits per heavy atom. The lowest BCUT2D eigenvalue weighted by molar-refractivity contribution is 0.0691. The maximum absolute atomic E-state index is 13.2. The normalized spacial score (nSPS) is 10.4. The number of aromatic carboxylic acids is 1. The highest BCUT2D eigenvalue weighted by molar-refractivity contribution is 5.93. The van der Waals surface area contributed by atoms with E-state index in [-0.39, 0.29) is 6.07 Å². The quantitative estimate of drug-likeness (QED) is 0.738. The largest absolute Gasteiger partial charge is 0.478 e. The van der Waals surface area contributed by atoms with Crippen LogP contribution in [0.15, 0.2) is 12.1 Å². The maximum atomic E-state index is 13.2. The fourth-order valence-corrected chi connectivity index (χ4v) is 1.15. The van der Waals surface area contributed by atoms with Gasteiger partial charge in [-0.25, -0.2) is 27.2 Å². The lowest BCUT2D eigenvalue weighted by Gasteiger charge is -2.09. The standard InChI is InChI=1S/C10H8F4N2O3/c11-5-2-6(12)7(1-4(5)9(17)18)16-10(19)15-3-8(13)14/h1-2,8H,3H2,(H,17,18)(H2,15,16,19). The Morgan fingerprint density at radius 3 is 2.37 bits per heavy atom. The van der Waals surface area contributed by atoms with Crippen molar-refractivity contribution in [1.29, 1.82) is 0 Å². The smallest absolute Gasteiger partial charge is 0.338 e. The average molecular weight is 280 g/mol. The Hall–Kier alpha value is -2.32. The molecule has 19 heavy (non-hydrogen) atoms. The number of hydrogen-bond donors (Lipinski definition) is 3. The van der Waals surface area contributed by atoms with Crippen molar-refractivity contribution in [3.05, 3.63) is 29.3 Å². The molecule has 0 saturated carbocycles. The molecule has 0 radical (unpaired) electrons. The van der Waals surface area contributed by atoms with Crippen LogP contribution in [0.1, 0.15) is 10.4 Å². The van der Waals surface area contributed by atoms with E-state index in [9.17, 15) is 27.2 Å². The predicted octanol–water partition coefficient (Wildman–Crippen LogP) is 2.05. The van der Waals surface area contributed by atoms with E-state index in [4.69, 9.17) is 5.11 Å². The molecule has 0 unspecified atom stereocenters. The SMILES string of the molecule is O=C(NCC(F)F)Nc1cc(C(=O)O)c(F)cc1F. The molecule has 0 atom stereocenters. The molecule has 0 bridgehead atoms. The highest BCUT2D eigenvalue weighted by Crippen LogP contribution is 2.19. The molecule has 2 amide bonds. The van der Waals surface area contributed by atoms with Gasteiger partial charge in [-0.2, -0.15) is 0 Å². The zero-order valence-corrected chi connectivity index (χ0v) is 9.21. The van der Waals surface area contributed by atoms with Gasteiger partial charge in [-0.05, 0) is 6.07 Å². The first-order valence-corrected chi connectivity index (χ1v) is 4.86. The van der Waals surface area contributed by atoms with Crippen molar-refractivity contribution < 1.29 is 32.3 Å². The van der Waals surface area contributed by atoms with E-state index >= 15 is 0 Å². The molecule has 0 aliphatic heterocycles. The van der Waals surface area contributed by atoms with Gasteiger partial charge in [0.15, 0.2) is 0 Å². The number of benzene rings is 1. The van der Waals surface area contributed by atoms with Crippen LogP contribution in [0.2, 0.25) is 0 Å². The minimum Gasteiger partial charge on any atom is -0.478 e. The van der Waals surface area contributed by atoms with Crippen molar-refractivity contribution in [2.24, 2.45) is 0 Å². The van der Waals surface area contributed by atoms with E-state index in [2.05, 4.69) is 0 Å². The molecule has 0 aliphatic carbocycles. The predicted molar refractivity (Wildman–Crippen MR) is 56.3 cm³/mol. The van der Waals surface area contributed by atoms with Gasteiger partial charge in [0, 0.05) is 6.07 Å². The molecule has 104 valence electrons. The summed E-state index contributed by atoms with van der Waals surface area (Å²) in [5, 5.41) is 12.1. The first-order chi connectivity index (χ1) is 8.81. The van der Waals surface area contributed by atoms with E-state index in [0.29, 0.717) is 6.07 Å². The maximum Gasteiger partial charge on any atom is 0.338 e. The number of urea groups is 1. The van der Waals surface area contributed by atoms with Crippen LogP contribution in [0.3, 0.4) is 0 Å². The number of carboxylic acids is 1. The van der Waals surface area contributed by atoms with Crippen LogP contribution in [0.4, 0.5) is 28.0 Å². The third-order valence-electron chi connectivity index (χ3n) is 1.95. The van der Waals surface area contributed by atoms with Gasteiger partial charge < -0.3 is 15.7 Å². The lowest BCUT2D eigenvalue weighted by Crippen LogP contribution is -2.32. The monoisotopic (exact) mass is 280 g/mol. The molecular weight excluding hydrogens is 272 g/mol. The summed E-state index contributed by atoms with van der Waals surface area (Å²) in [6.07, 6.45) is -2.79. The van der Waals surface area contributed by atoms with Crippen LogP contribution in [0.25, 0.3) is 0 Å². The molecule has 0 aliphatic rings. The minimum absolute atomic E-state index is 0.270. The number of anilines is 1. The lowest BCUT2D eigenvalue weighted by atomic mass is 10.2. The Bertz CT molecular complexity index is 508. The number of halogens is 4. The second-order valence-corrected chi connectivity index (χ2v) is 3.34. The van der Waals surface area contributed by atoms with Gasteiger partial charge in [0.05, 0.1) is 17.8 Å². The molecule has 0 aromatic heterocycles. The second kappa shape index (κ2) is 6.03. The third kappa shape index (κ3) is 4.12. The zero-order chi connectivity index (χ0) is 14.6. The van der Waals surface area contributed by atoms with Gasteiger partial charge in [-0.1, -0.05) is 0 Å². The van der Waals surface area contributed by atoms with Gasteiger partial charge in [0.1, 0.15) is 11.6 Å². The minimum atomic E-state index is -2.79. The van der Waals surface area contributed by atoms with Crippen molar-refractivity contribution in [1.82, 2.24) is 5.32 Å². The Balaban J connectivity index is 2.86. The summed E-state index contributed by atoms with van der Waals surface area (Å²) in [7, 11) is 0. The molecule has 1 aromatic carbocycles. The van der Waals surface area contributed by atoms with Crippen LogP contribution in [0, 0.1) is 11.6 Å². The highest BCUT2D eigenvalue weighted by Gasteiger charge is 2.16. The van der Waals surface area contributed by atoms with Crippen molar-refractivity contribution >= 4 is 17.7 Å². The van der Waals surface area contributed by atoms with Gasteiger partial charge in [0.25, 0.3) is 6.43 Å². The number of carbonyl (C=O) groups is 2. The fraction of sp³-hybridized carbons (Fsp3) is 0.200. The van der Waals surface area contributed by atoms with Crippen molar-refractivity contribution in [2.75, 3.05) is 11.9 Å². The Morgan fingerprint density at radius 2 is 1.84 bits per heavy atom. The number of alkyl halides is 2. The molecule has 1 aromatic rings. The number of nitrogens with one attached hydrogen (secondary N) is 2. The molecule has 5 nitrogen and oxygen atoms in total. The summed E-state index contributed by atoms with van der Waals surface area (Å²) in [6, 6.07) is -0.344. The average Bonchev–Trinajstić information content (AvgIpc) is 2.29. The van der Waals surface area contributed by atoms with E-state index < -0.39 is 47.9 Å². The first kappa shape index (κ1) is 14.7. The van der Waals surface area contributed by atoms with E-state index in [1.54, 1.807) is 10.6 Å². The van der Waals surface area contributed by atoms with Crippen LogP contribution in [-0.4, -0.2) is 30.1 Å². The third-order valence-corrected chi connectivity index (χ3v) is 1.95. The van der Waals surface area contributed by atoms with Gasteiger partial charge in [-0.3, -0.25) is 0 Å². The summed E-state index contributed by atoms with van der Waals surface area (Å²) in [6.45, 7) is -0.958. The number of carbonyl (C=O) groups excluding carboxylic acids is 1. The molecule has 9 heteroatoms. The van der Waals surface area contributed by atoms with Crippen molar-refractivity contribution in [3.8, 4) is 0 Å². The van der Waals surface area contributed by atoms with Crippen molar-refractivity contribution in [2.45, 2.75) is 6.43 Å². The molecular formula is C10H8F4N2O3. The van der Waals surface area contributed by atoms with E-state index in [0.717, 1.165) is 0 Å². The Kier molecular flexibility index (Phi) is 4.67. The Labute approximate surface area is 104 Å². The fourth-order valence-electron chi connectivity index (χ4n) is 1.15. The van der Waals surface area contributed by atoms with Crippen LogP contribution >= 0.6 is 0 Å². The molecule has 0 heterocycles. The van der Waals surface area contributed by atoms with Gasteiger partial charge >= 0.3 is 12.0 Å². The highest BCUT2D eigenvalue weighted by atomic mass is 19.3. The second-order valence-electron chi connectivity index (χ2n) is 3.34. The van der Waals surface area contributed by atoms with Crippen molar-refractivity contribution in [3.63, 3.8) is 0 Å². The number of rotatable bonds is 4. The summed E-state index contributed by atoms with van der Waals surface area (Å²) < 4.78 is 49.8. The van der Waals surface area contributed by atoms with Gasteiger partial charge in [-0.15, -0.1) is 0 Å². The summed E-state index contributed by atoms with van der Waals surface area (Å²) in [5.41, 5.74) is -1.49. The molecule has 0 fully saturated rings. The summed E-state index contributed by atoms with van der Waals surface area (Å²) in [4.78, 5) is 21.7. The molecule has 1 rings (SSSR count).